The molecule has 2 heterocycles. The molecular formula is C21H24ClFN6O2. The molecule has 1 saturated heterocycles. The van der Waals surface area contributed by atoms with Gasteiger partial charge in [0, 0.05) is 38.2 Å². The number of carbonyl (C=O) groups excluding carboxylic acids is 1. The van der Waals surface area contributed by atoms with Gasteiger partial charge in [-0.3, -0.25) is 9.79 Å². The Morgan fingerprint density at radius 3 is 3.00 bits per heavy atom. The Morgan fingerprint density at radius 2 is 2.32 bits per heavy atom. The van der Waals surface area contributed by atoms with Crippen molar-refractivity contribution in [3.05, 3.63) is 58.3 Å². The third-order valence-corrected chi connectivity index (χ3v) is 5.00. The molecule has 164 valence electrons. The standard InChI is InChI=1S/C21H24ClFN6O2/c1-13-9-26-21(27-15-6-7-31-12-15)28-19(13)29(3)11-18(24-2)20(30)25-10-14-4-5-16(22)17(23)8-14/h4-5,8-9,11,15H,2,6-7,10,12H2,1,3H3,(H,25,30)(H,26,27,28)/b18-11-. The van der Waals surface area contributed by atoms with E-state index in [1.54, 1.807) is 24.2 Å². The fraction of sp³-hybridized carbons (Fsp3) is 0.333. The number of rotatable bonds is 8. The second kappa shape index (κ2) is 10.3. The van der Waals surface area contributed by atoms with Crippen LogP contribution in [-0.4, -0.2) is 48.9 Å². The highest BCUT2D eigenvalue weighted by Gasteiger charge is 2.18. The monoisotopic (exact) mass is 446 g/mol. The van der Waals surface area contributed by atoms with Gasteiger partial charge in [-0.2, -0.15) is 4.98 Å². The zero-order chi connectivity index (χ0) is 22.4. The van der Waals surface area contributed by atoms with E-state index in [1.807, 2.05) is 6.92 Å². The molecule has 8 nitrogen and oxygen atoms in total. The second-order valence-electron chi connectivity index (χ2n) is 7.12. The molecule has 2 N–H and O–H groups in total. The maximum Gasteiger partial charge on any atom is 0.271 e. The summed E-state index contributed by atoms with van der Waals surface area (Å²) in [4.78, 5) is 26.9. The van der Waals surface area contributed by atoms with E-state index >= 15 is 0 Å². The molecular weight excluding hydrogens is 423 g/mol. The molecule has 3 rings (SSSR count). The molecule has 1 aliphatic heterocycles. The van der Waals surface area contributed by atoms with Gasteiger partial charge in [-0.25, -0.2) is 9.37 Å². The SMILES string of the molecule is C=N/C(=C\N(C)c1nc(NC2CCOC2)ncc1C)C(=O)NCc1ccc(Cl)c(F)c1. The lowest BCUT2D eigenvalue weighted by Crippen LogP contribution is -2.26. The van der Waals surface area contributed by atoms with Crippen molar-refractivity contribution in [2.75, 3.05) is 30.5 Å². The molecule has 1 aliphatic rings. The summed E-state index contributed by atoms with van der Waals surface area (Å²) in [6.07, 6.45) is 4.13. The number of aliphatic imine (C=N–C) groups is 1. The smallest absolute Gasteiger partial charge is 0.271 e. The second-order valence-corrected chi connectivity index (χ2v) is 7.53. The Labute approximate surface area is 185 Å². The van der Waals surface area contributed by atoms with Gasteiger partial charge >= 0.3 is 0 Å². The van der Waals surface area contributed by atoms with Crippen molar-refractivity contribution in [3.63, 3.8) is 0 Å². The first-order chi connectivity index (χ1) is 14.9. The van der Waals surface area contributed by atoms with E-state index in [9.17, 15) is 9.18 Å². The van der Waals surface area contributed by atoms with Crippen LogP contribution in [0.25, 0.3) is 0 Å². The summed E-state index contributed by atoms with van der Waals surface area (Å²) >= 11 is 5.68. The average Bonchev–Trinajstić information content (AvgIpc) is 3.26. The van der Waals surface area contributed by atoms with Crippen molar-refractivity contribution >= 4 is 36.0 Å². The third kappa shape index (κ3) is 5.99. The van der Waals surface area contributed by atoms with Crippen LogP contribution < -0.4 is 15.5 Å². The normalized spacial score (nSPS) is 16.1. The van der Waals surface area contributed by atoms with Gasteiger partial charge in [-0.05, 0) is 37.8 Å². The van der Waals surface area contributed by atoms with Crippen LogP contribution in [0.5, 0.6) is 0 Å². The highest BCUT2D eigenvalue weighted by atomic mass is 35.5. The largest absolute Gasteiger partial charge is 0.379 e. The number of hydrogen-bond donors (Lipinski definition) is 2. The number of ether oxygens (including phenoxy) is 1. The van der Waals surface area contributed by atoms with E-state index in [0.717, 1.165) is 12.0 Å². The fourth-order valence-electron chi connectivity index (χ4n) is 3.03. The molecule has 1 aromatic heterocycles. The first-order valence-electron chi connectivity index (χ1n) is 9.68. The van der Waals surface area contributed by atoms with Gasteiger partial charge in [0.25, 0.3) is 5.91 Å². The van der Waals surface area contributed by atoms with E-state index in [4.69, 9.17) is 16.3 Å². The highest BCUT2D eigenvalue weighted by Crippen LogP contribution is 2.20. The van der Waals surface area contributed by atoms with Crippen molar-refractivity contribution in [3.8, 4) is 0 Å². The number of aromatic nitrogens is 2. The summed E-state index contributed by atoms with van der Waals surface area (Å²) in [7, 11) is 1.75. The highest BCUT2D eigenvalue weighted by molar-refractivity contribution is 6.30. The quantitative estimate of drug-likeness (QED) is 0.478. The molecule has 0 spiro atoms. The summed E-state index contributed by atoms with van der Waals surface area (Å²) in [6, 6.07) is 4.52. The number of nitrogens with zero attached hydrogens (tertiary/aromatic N) is 4. The molecule has 2 aromatic rings. The maximum absolute atomic E-state index is 13.6. The molecule has 0 aliphatic carbocycles. The lowest BCUT2D eigenvalue weighted by atomic mass is 10.2. The van der Waals surface area contributed by atoms with Crippen molar-refractivity contribution in [1.29, 1.82) is 0 Å². The number of anilines is 2. The Balaban J connectivity index is 1.69. The fourth-order valence-corrected chi connectivity index (χ4v) is 3.15. The topological polar surface area (TPSA) is 91.7 Å². The predicted molar refractivity (Wildman–Crippen MR) is 119 cm³/mol. The molecule has 1 fully saturated rings. The van der Waals surface area contributed by atoms with E-state index < -0.39 is 11.7 Å². The molecule has 0 radical (unpaired) electrons. The van der Waals surface area contributed by atoms with Gasteiger partial charge in [0.15, 0.2) is 0 Å². The van der Waals surface area contributed by atoms with Crippen LogP contribution in [0, 0.1) is 12.7 Å². The summed E-state index contributed by atoms with van der Waals surface area (Å²) < 4.78 is 18.9. The van der Waals surface area contributed by atoms with Gasteiger partial charge in [0.2, 0.25) is 5.95 Å². The first kappa shape index (κ1) is 22.6. The zero-order valence-corrected chi connectivity index (χ0v) is 18.1. The number of nitrogens with one attached hydrogen (secondary N) is 2. The molecule has 0 saturated carbocycles. The molecule has 31 heavy (non-hydrogen) atoms. The van der Waals surface area contributed by atoms with Crippen molar-refractivity contribution in [1.82, 2.24) is 15.3 Å². The lowest BCUT2D eigenvalue weighted by molar-refractivity contribution is -0.117. The number of carbonyl (C=O) groups is 1. The number of benzene rings is 1. The Bertz CT molecular complexity index is 994. The third-order valence-electron chi connectivity index (χ3n) is 4.70. The van der Waals surface area contributed by atoms with E-state index in [-0.39, 0.29) is 23.3 Å². The van der Waals surface area contributed by atoms with Crippen LogP contribution in [0.15, 0.2) is 41.3 Å². The molecule has 1 unspecified atom stereocenters. The van der Waals surface area contributed by atoms with Crippen LogP contribution >= 0.6 is 11.6 Å². The minimum absolute atomic E-state index is 0.0274. The van der Waals surface area contributed by atoms with Crippen molar-refractivity contribution < 1.29 is 13.9 Å². The van der Waals surface area contributed by atoms with E-state index in [0.29, 0.717) is 30.5 Å². The van der Waals surface area contributed by atoms with Crippen LogP contribution in [0.4, 0.5) is 16.2 Å². The Morgan fingerprint density at radius 1 is 1.52 bits per heavy atom. The number of amides is 1. The van der Waals surface area contributed by atoms with Crippen LogP contribution in [0.2, 0.25) is 5.02 Å². The minimum Gasteiger partial charge on any atom is -0.379 e. The van der Waals surface area contributed by atoms with E-state index in [1.165, 1.54) is 18.3 Å². The van der Waals surface area contributed by atoms with Crippen LogP contribution in [0.3, 0.4) is 0 Å². The minimum atomic E-state index is -0.543. The van der Waals surface area contributed by atoms with Gasteiger partial charge in [-0.15, -0.1) is 0 Å². The van der Waals surface area contributed by atoms with Crippen molar-refractivity contribution in [2.45, 2.75) is 25.9 Å². The van der Waals surface area contributed by atoms with Crippen LogP contribution in [0.1, 0.15) is 17.5 Å². The van der Waals surface area contributed by atoms with Gasteiger partial charge < -0.3 is 20.3 Å². The number of halogens is 2. The molecule has 1 aromatic carbocycles. The Hall–Kier alpha value is -3.04. The van der Waals surface area contributed by atoms with E-state index in [2.05, 4.69) is 32.3 Å². The molecule has 1 atom stereocenters. The zero-order valence-electron chi connectivity index (χ0n) is 17.4. The maximum atomic E-state index is 13.6. The molecule has 0 bridgehead atoms. The van der Waals surface area contributed by atoms with Gasteiger partial charge in [0.05, 0.1) is 17.7 Å². The summed E-state index contributed by atoms with van der Waals surface area (Å²) in [5.74, 6) is 0.104. The molecule has 10 heteroatoms. The average molecular weight is 447 g/mol. The van der Waals surface area contributed by atoms with Gasteiger partial charge in [0.1, 0.15) is 17.3 Å². The van der Waals surface area contributed by atoms with Crippen molar-refractivity contribution in [2.24, 2.45) is 4.99 Å². The molecule has 1 amide bonds. The van der Waals surface area contributed by atoms with Gasteiger partial charge in [-0.1, -0.05) is 17.7 Å². The number of hydrogen-bond acceptors (Lipinski definition) is 7. The summed E-state index contributed by atoms with van der Waals surface area (Å²) in [6.45, 7) is 6.80. The summed E-state index contributed by atoms with van der Waals surface area (Å²) in [5, 5.41) is 5.97. The lowest BCUT2D eigenvalue weighted by Gasteiger charge is -2.18. The van der Waals surface area contributed by atoms with Crippen LogP contribution in [-0.2, 0) is 16.1 Å². The predicted octanol–water partition coefficient (Wildman–Crippen LogP) is 3.07. The summed E-state index contributed by atoms with van der Waals surface area (Å²) in [5.41, 5.74) is 1.49. The number of aryl methyl sites for hydroxylation is 1. The Kier molecular flexibility index (Phi) is 7.54. The first-order valence-corrected chi connectivity index (χ1v) is 10.1.